The van der Waals surface area contributed by atoms with E-state index in [0.717, 1.165) is 10.5 Å². The second-order valence-corrected chi connectivity index (χ2v) is 9.45. The second-order valence-electron chi connectivity index (χ2n) is 9.45. The number of carbonyl (C=O) groups is 4. The van der Waals surface area contributed by atoms with Gasteiger partial charge in [-0.2, -0.15) is 0 Å². The van der Waals surface area contributed by atoms with Gasteiger partial charge in [0, 0.05) is 26.1 Å². The van der Waals surface area contributed by atoms with Crippen LogP contribution in [0.2, 0.25) is 0 Å². The third-order valence-corrected chi connectivity index (χ3v) is 4.04. The molecule has 0 aromatic rings. The Balaban J connectivity index is 2.70. The third kappa shape index (κ3) is 8.66. The Hall–Kier alpha value is -2.38. The number of allylic oxidation sites excluding steroid dienone is 1. The molecule has 29 heavy (non-hydrogen) atoms. The predicted octanol–water partition coefficient (Wildman–Crippen LogP) is 3.54. The normalized spacial score (nSPS) is 18.6. The Morgan fingerprint density at radius 1 is 1.10 bits per heavy atom. The number of hydrogen-bond acceptors (Lipinski definition) is 6. The van der Waals surface area contributed by atoms with Crippen molar-refractivity contribution in [2.45, 2.75) is 72.5 Å². The van der Waals surface area contributed by atoms with Crippen molar-refractivity contribution in [1.82, 2.24) is 9.80 Å². The van der Waals surface area contributed by atoms with Gasteiger partial charge in [0.05, 0.1) is 6.42 Å². The van der Waals surface area contributed by atoms with E-state index >= 15 is 0 Å². The predicted molar refractivity (Wildman–Crippen MR) is 108 cm³/mol. The number of nitrogens with zero attached hydrogens (tertiary/aromatic N) is 2. The molecule has 0 spiro atoms. The minimum absolute atomic E-state index is 0.00172. The molecule has 1 saturated heterocycles. The standard InChI is InChI=1S/C21H34N2O6/c1-14(12-22(8)18(26)28-20(2,3)4)9-10-15-13-23(17(25)11-16(15)24)19(27)29-21(5,6)7/h9,15H,10-13H2,1-8H3. The number of ketones is 1. The molecule has 0 aromatic heterocycles. The van der Waals surface area contributed by atoms with Gasteiger partial charge < -0.3 is 14.4 Å². The second kappa shape index (κ2) is 9.41. The average molecular weight is 411 g/mol. The summed E-state index contributed by atoms with van der Waals surface area (Å²) < 4.78 is 10.6. The van der Waals surface area contributed by atoms with Crippen molar-refractivity contribution in [3.63, 3.8) is 0 Å². The number of Topliss-reactive ketones (excluding diaryl/α,β-unsaturated/α-hetero) is 1. The fraction of sp³-hybridized carbons (Fsp3) is 0.714. The number of rotatable bonds is 4. The number of likely N-dealkylation sites (tertiary alicyclic amines) is 1. The molecule has 0 aromatic carbocycles. The summed E-state index contributed by atoms with van der Waals surface area (Å²) in [5.41, 5.74) is -0.418. The zero-order valence-electron chi connectivity index (χ0n) is 18.8. The van der Waals surface area contributed by atoms with Crippen LogP contribution in [0.3, 0.4) is 0 Å². The Bertz CT molecular complexity index is 684. The molecule has 3 amide bonds. The minimum atomic E-state index is -0.731. The Morgan fingerprint density at radius 2 is 1.66 bits per heavy atom. The van der Waals surface area contributed by atoms with E-state index in [9.17, 15) is 19.2 Å². The molecule has 0 saturated carbocycles. The van der Waals surface area contributed by atoms with Crippen molar-refractivity contribution in [1.29, 1.82) is 0 Å². The molecule has 8 nitrogen and oxygen atoms in total. The lowest BCUT2D eigenvalue weighted by atomic mass is 9.92. The first-order valence-corrected chi connectivity index (χ1v) is 9.75. The topological polar surface area (TPSA) is 93.2 Å². The van der Waals surface area contributed by atoms with Crippen LogP contribution in [0.25, 0.3) is 0 Å². The molecule has 8 heteroatoms. The molecule has 0 aliphatic carbocycles. The number of amides is 3. The van der Waals surface area contributed by atoms with Crippen LogP contribution >= 0.6 is 0 Å². The fourth-order valence-electron chi connectivity index (χ4n) is 2.70. The first kappa shape index (κ1) is 24.7. The summed E-state index contributed by atoms with van der Waals surface area (Å²) >= 11 is 0. The van der Waals surface area contributed by atoms with Gasteiger partial charge in [0.1, 0.15) is 17.0 Å². The van der Waals surface area contributed by atoms with E-state index in [4.69, 9.17) is 9.47 Å². The van der Waals surface area contributed by atoms with Crippen molar-refractivity contribution in [3.05, 3.63) is 11.6 Å². The van der Waals surface area contributed by atoms with E-state index in [1.54, 1.807) is 48.6 Å². The van der Waals surface area contributed by atoms with Crippen LogP contribution in [-0.4, -0.2) is 65.0 Å². The van der Waals surface area contributed by atoms with Crippen molar-refractivity contribution < 1.29 is 28.7 Å². The van der Waals surface area contributed by atoms with Crippen LogP contribution in [0.5, 0.6) is 0 Å². The van der Waals surface area contributed by atoms with Gasteiger partial charge in [-0.25, -0.2) is 14.5 Å². The molecule has 1 unspecified atom stereocenters. The minimum Gasteiger partial charge on any atom is -0.444 e. The number of carbonyl (C=O) groups excluding carboxylic acids is 4. The van der Waals surface area contributed by atoms with Crippen molar-refractivity contribution in [3.8, 4) is 0 Å². The van der Waals surface area contributed by atoms with Crippen LogP contribution in [0.4, 0.5) is 9.59 Å². The number of likely N-dealkylation sites (N-methyl/N-ethyl adjacent to an activating group) is 1. The van der Waals surface area contributed by atoms with Crippen molar-refractivity contribution in [2.24, 2.45) is 5.92 Å². The van der Waals surface area contributed by atoms with E-state index in [0.29, 0.717) is 13.0 Å². The maximum absolute atomic E-state index is 12.2. The summed E-state index contributed by atoms with van der Waals surface area (Å²) in [6.45, 7) is 12.8. The summed E-state index contributed by atoms with van der Waals surface area (Å²) in [4.78, 5) is 51.1. The molecule has 1 fully saturated rings. The molecule has 1 rings (SSSR count). The van der Waals surface area contributed by atoms with Gasteiger partial charge in [-0.3, -0.25) is 9.59 Å². The van der Waals surface area contributed by atoms with Crippen molar-refractivity contribution >= 4 is 23.9 Å². The van der Waals surface area contributed by atoms with Crippen LogP contribution < -0.4 is 0 Å². The maximum Gasteiger partial charge on any atom is 0.417 e. The summed E-state index contributed by atoms with van der Waals surface area (Å²) in [5, 5.41) is 0. The van der Waals surface area contributed by atoms with E-state index < -0.39 is 35.2 Å². The molecular formula is C21H34N2O6. The zero-order chi connectivity index (χ0) is 22.6. The number of imide groups is 1. The zero-order valence-corrected chi connectivity index (χ0v) is 18.8. The van der Waals surface area contributed by atoms with E-state index in [-0.39, 0.29) is 18.7 Å². The molecule has 0 bridgehead atoms. The van der Waals surface area contributed by atoms with Gasteiger partial charge in [0.2, 0.25) is 5.91 Å². The van der Waals surface area contributed by atoms with Gasteiger partial charge in [-0.15, -0.1) is 0 Å². The summed E-state index contributed by atoms with van der Waals surface area (Å²) in [6, 6.07) is 0. The lowest BCUT2D eigenvalue weighted by Gasteiger charge is -2.31. The van der Waals surface area contributed by atoms with Gasteiger partial charge in [-0.05, 0) is 54.9 Å². The highest BCUT2D eigenvalue weighted by molar-refractivity contribution is 6.06. The van der Waals surface area contributed by atoms with Crippen LogP contribution in [0, 0.1) is 5.92 Å². The molecule has 1 atom stereocenters. The maximum atomic E-state index is 12.2. The highest BCUT2D eigenvalue weighted by atomic mass is 16.6. The van der Waals surface area contributed by atoms with Gasteiger partial charge in [0.15, 0.2) is 0 Å². The Morgan fingerprint density at radius 3 is 2.17 bits per heavy atom. The van der Waals surface area contributed by atoms with E-state index in [1.165, 1.54) is 4.90 Å². The van der Waals surface area contributed by atoms with Crippen LogP contribution in [-0.2, 0) is 19.1 Å². The number of piperidine rings is 1. The average Bonchev–Trinajstić information content (AvgIpc) is 2.50. The molecule has 1 heterocycles. The number of hydrogen-bond donors (Lipinski definition) is 0. The molecule has 164 valence electrons. The Kier molecular flexibility index (Phi) is 8.00. The quantitative estimate of drug-likeness (QED) is 0.520. The number of ether oxygens (including phenoxy) is 2. The van der Waals surface area contributed by atoms with Crippen molar-refractivity contribution in [2.75, 3.05) is 20.1 Å². The molecule has 0 N–H and O–H groups in total. The first-order chi connectivity index (χ1) is 13.1. The Labute approximate surface area is 173 Å². The van der Waals surface area contributed by atoms with Gasteiger partial charge in [-0.1, -0.05) is 11.6 Å². The lowest BCUT2D eigenvalue weighted by Crippen LogP contribution is -2.49. The summed E-state index contributed by atoms with van der Waals surface area (Å²) in [7, 11) is 1.64. The van der Waals surface area contributed by atoms with E-state index in [2.05, 4.69) is 0 Å². The van der Waals surface area contributed by atoms with Gasteiger partial charge in [0.25, 0.3) is 0 Å². The monoisotopic (exact) mass is 410 g/mol. The van der Waals surface area contributed by atoms with Crippen LogP contribution in [0.1, 0.15) is 61.3 Å². The third-order valence-electron chi connectivity index (χ3n) is 4.04. The van der Waals surface area contributed by atoms with Gasteiger partial charge >= 0.3 is 12.2 Å². The summed E-state index contributed by atoms with van der Waals surface area (Å²) in [6.07, 6.45) is 0.756. The summed E-state index contributed by atoms with van der Waals surface area (Å²) in [5.74, 6) is -1.22. The highest BCUT2D eigenvalue weighted by Gasteiger charge is 2.37. The first-order valence-electron chi connectivity index (χ1n) is 9.75. The molecule has 1 aliphatic rings. The fourth-order valence-corrected chi connectivity index (χ4v) is 2.70. The molecule has 1 aliphatic heterocycles. The molecular weight excluding hydrogens is 376 g/mol. The SMILES string of the molecule is CC(=CCC1CN(C(=O)OC(C)(C)C)C(=O)CC1=O)CN(C)C(=O)OC(C)(C)C. The smallest absolute Gasteiger partial charge is 0.417 e. The lowest BCUT2D eigenvalue weighted by molar-refractivity contribution is -0.141. The molecule has 0 radical (unpaired) electrons. The van der Waals surface area contributed by atoms with E-state index in [1.807, 2.05) is 13.0 Å². The largest absolute Gasteiger partial charge is 0.444 e. The van der Waals surface area contributed by atoms with Crippen LogP contribution in [0.15, 0.2) is 11.6 Å². The highest BCUT2D eigenvalue weighted by Crippen LogP contribution is 2.21.